The van der Waals surface area contributed by atoms with E-state index in [-0.39, 0.29) is 54.5 Å². The van der Waals surface area contributed by atoms with Crippen molar-refractivity contribution in [3.8, 4) is 0 Å². The van der Waals surface area contributed by atoms with Crippen molar-refractivity contribution in [1.29, 1.82) is 0 Å². The van der Waals surface area contributed by atoms with Crippen molar-refractivity contribution in [2.45, 2.75) is 87.2 Å². The van der Waals surface area contributed by atoms with E-state index in [1.807, 2.05) is 6.92 Å². The monoisotopic (exact) mass is 772 g/mol. The molecule has 0 aliphatic carbocycles. The Labute approximate surface area is 250 Å². The summed E-state index contributed by atoms with van der Waals surface area (Å²) < 4.78 is 71.3. The molecule has 0 amide bonds. The molecular weight excluding hydrogens is 728 g/mol. The summed E-state index contributed by atoms with van der Waals surface area (Å²) in [4.78, 5) is 4.27. The van der Waals surface area contributed by atoms with Gasteiger partial charge >= 0.3 is 37.3 Å². The summed E-state index contributed by atoms with van der Waals surface area (Å²) in [5.41, 5.74) is 6.03. The maximum Gasteiger partial charge on any atom is 2.00 e. The quantitative estimate of drug-likeness (QED) is 0.122. The topological polar surface area (TPSA) is 38.4 Å². The number of nitrogens with zero attached hydrogens (tertiary/aromatic N) is 1. The second-order valence-corrected chi connectivity index (χ2v) is 8.12. The second kappa shape index (κ2) is 27.1. The van der Waals surface area contributed by atoms with Crippen LogP contribution in [0.5, 0.6) is 0 Å². The molecular formula is C29H44F6N2U. The first-order chi connectivity index (χ1) is 17.3. The van der Waals surface area contributed by atoms with Gasteiger partial charge in [0.05, 0.1) is 0 Å². The molecule has 38 heavy (non-hydrogen) atoms. The molecule has 0 radical (unpaired) electrons. The van der Waals surface area contributed by atoms with Crippen LogP contribution in [-0.4, -0.2) is 12.3 Å². The zero-order valence-corrected chi connectivity index (χ0v) is 28.1. The molecule has 1 aromatic carbocycles. The van der Waals surface area contributed by atoms with Gasteiger partial charge in [0.2, 0.25) is 0 Å². The van der Waals surface area contributed by atoms with Gasteiger partial charge in [-0.25, -0.2) is 4.39 Å². The summed E-state index contributed by atoms with van der Waals surface area (Å²) in [6, 6.07) is 5.55. The second-order valence-electron chi connectivity index (χ2n) is 8.12. The van der Waals surface area contributed by atoms with E-state index in [0.717, 1.165) is 18.1 Å². The molecule has 2 nitrogen and oxygen atoms in total. The molecule has 0 saturated heterocycles. The number of allylic oxidation sites excluding steroid dienone is 5. The number of alkyl halides is 3. The fourth-order valence-corrected chi connectivity index (χ4v) is 2.18. The first-order valence-electron chi connectivity index (χ1n) is 12.4. The molecule has 0 atom stereocenters. The van der Waals surface area contributed by atoms with Gasteiger partial charge in [0.1, 0.15) is 5.83 Å². The van der Waals surface area contributed by atoms with Crippen LogP contribution in [0.1, 0.15) is 92.2 Å². The molecule has 0 fully saturated rings. The van der Waals surface area contributed by atoms with Crippen LogP contribution >= 0.6 is 0 Å². The van der Waals surface area contributed by atoms with Crippen molar-refractivity contribution in [3.63, 3.8) is 0 Å². The van der Waals surface area contributed by atoms with Gasteiger partial charge in [0.15, 0.2) is 0 Å². The van der Waals surface area contributed by atoms with Gasteiger partial charge in [-0.3, -0.25) is 0 Å². The van der Waals surface area contributed by atoms with Crippen LogP contribution in [0.3, 0.4) is 0 Å². The van der Waals surface area contributed by atoms with Crippen LogP contribution < -0.4 is 5.73 Å². The Morgan fingerprint density at radius 3 is 1.89 bits per heavy atom. The predicted octanol–water partition coefficient (Wildman–Crippen LogP) is 10.3. The normalized spacial score (nSPS) is 12.3. The van der Waals surface area contributed by atoms with E-state index < -0.39 is 24.5 Å². The zero-order chi connectivity index (χ0) is 29.4. The molecule has 0 unspecified atom stereocenters. The van der Waals surface area contributed by atoms with Crippen LogP contribution in [0, 0.1) is 50.0 Å². The number of hydrogen-bond acceptors (Lipinski definition) is 2. The Kier molecular flexibility index (Phi) is 31.1. The predicted molar refractivity (Wildman–Crippen MR) is 145 cm³/mol. The SMILES string of the molecule is CC/C=C\C(F)=C(/C)C(=NC/C=C(\C)N)c1[c-]cc(C(F)(F)F)cc1.CCC.CCC(C)CC.F[CH-]F.[U+2]. The first-order valence-corrected chi connectivity index (χ1v) is 12.4. The minimum absolute atomic E-state index is 0. The van der Waals surface area contributed by atoms with Gasteiger partial charge in [-0.15, -0.1) is 29.8 Å². The third-order valence-corrected chi connectivity index (χ3v) is 4.67. The average molecular weight is 773 g/mol. The van der Waals surface area contributed by atoms with Crippen molar-refractivity contribution in [3.05, 3.63) is 77.6 Å². The fourth-order valence-electron chi connectivity index (χ4n) is 2.18. The molecule has 0 bridgehead atoms. The average Bonchev–Trinajstić information content (AvgIpc) is 2.85. The van der Waals surface area contributed by atoms with E-state index in [0.29, 0.717) is 12.1 Å². The largest absolute Gasteiger partial charge is 2.00 e. The summed E-state index contributed by atoms with van der Waals surface area (Å²) in [6.07, 6.45) is 4.72. The number of nitrogens with two attached hydrogens (primary N) is 1. The smallest absolute Gasteiger partial charge is 0.425 e. The van der Waals surface area contributed by atoms with Crippen molar-refractivity contribution < 1.29 is 57.5 Å². The van der Waals surface area contributed by atoms with E-state index in [1.54, 1.807) is 19.1 Å². The van der Waals surface area contributed by atoms with E-state index in [1.165, 1.54) is 38.3 Å². The number of benzene rings is 1. The van der Waals surface area contributed by atoms with Crippen LogP contribution in [0.15, 0.2) is 58.5 Å². The zero-order valence-electron chi connectivity index (χ0n) is 23.9. The molecule has 0 aliphatic heterocycles. The van der Waals surface area contributed by atoms with Crippen LogP contribution in [0.2, 0.25) is 0 Å². The number of hydrogen-bond donors (Lipinski definition) is 1. The minimum atomic E-state index is -4.45. The molecule has 0 aromatic heterocycles. The van der Waals surface area contributed by atoms with Crippen molar-refractivity contribution >= 4 is 5.71 Å². The van der Waals surface area contributed by atoms with Crippen molar-refractivity contribution in [2.24, 2.45) is 16.6 Å². The van der Waals surface area contributed by atoms with Crippen LogP contribution in [-0.2, 0) is 6.18 Å². The molecule has 2 N–H and O–H groups in total. The van der Waals surface area contributed by atoms with E-state index in [2.05, 4.69) is 45.7 Å². The Bertz CT molecular complexity index is 803. The maximum atomic E-state index is 14.3. The molecule has 0 aliphatic rings. The Hall–Kier alpha value is -1.46. The Morgan fingerprint density at radius 1 is 1.08 bits per heavy atom. The van der Waals surface area contributed by atoms with E-state index >= 15 is 0 Å². The summed E-state index contributed by atoms with van der Waals surface area (Å²) in [5, 5.41) is 0. The minimum Gasteiger partial charge on any atom is -0.425 e. The van der Waals surface area contributed by atoms with Crippen LogP contribution in [0.25, 0.3) is 0 Å². The van der Waals surface area contributed by atoms with Gasteiger partial charge in [0.25, 0.3) is 0 Å². The third kappa shape index (κ3) is 23.6. The fraction of sp³-hybridized carbons (Fsp3) is 0.517. The van der Waals surface area contributed by atoms with Gasteiger partial charge in [-0.05, 0) is 62.1 Å². The molecule has 0 saturated carbocycles. The molecule has 0 heterocycles. The van der Waals surface area contributed by atoms with Gasteiger partial charge < -0.3 is 19.5 Å². The maximum absolute atomic E-state index is 14.3. The first kappa shape index (κ1) is 43.6. The number of rotatable bonds is 8. The van der Waals surface area contributed by atoms with Gasteiger partial charge in [0, 0.05) is 12.2 Å². The molecule has 216 valence electrons. The standard InChI is InChI=1S/C19H21F4N2.C6H14.C3H8.CHF2.U/c1-4-5-6-17(20)14(3)18(25-12-11-13(2)24)15-7-9-16(10-8-15)19(21,22)23;1-4-6(3)5-2;1-3-2;2-1-3;/h5-7,9-11H,4,12,24H2,1-3H3;6H,4-5H2,1-3H3;3H2,1-2H3;1H;/q-1;;;-1;+2/b6-5-,13-11+,17-14-,25-18?;;;;. The number of aliphatic imine (C=N–C) groups is 1. The van der Waals surface area contributed by atoms with E-state index in [9.17, 15) is 26.3 Å². The summed E-state index contributed by atoms with van der Waals surface area (Å²) in [6.45, 7) is 15.3. The van der Waals surface area contributed by atoms with Gasteiger partial charge in [-0.2, -0.15) is 13.2 Å². The summed E-state index contributed by atoms with van der Waals surface area (Å²) in [5.74, 6) is 0.437. The summed E-state index contributed by atoms with van der Waals surface area (Å²) >= 11 is 0. The van der Waals surface area contributed by atoms with Crippen LogP contribution in [0.4, 0.5) is 26.3 Å². The van der Waals surface area contributed by atoms with Crippen molar-refractivity contribution in [1.82, 2.24) is 0 Å². The third-order valence-electron chi connectivity index (χ3n) is 4.67. The Morgan fingerprint density at radius 2 is 1.58 bits per heavy atom. The number of halogens is 6. The summed E-state index contributed by atoms with van der Waals surface area (Å²) in [7, 11) is 0. The van der Waals surface area contributed by atoms with E-state index in [4.69, 9.17) is 5.73 Å². The van der Waals surface area contributed by atoms with Gasteiger partial charge in [-0.1, -0.05) is 66.9 Å². The molecule has 9 heteroatoms. The molecule has 1 aromatic rings. The molecule has 0 spiro atoms. The molecule has 1 rings (SSSR count). The Balaban J connectivity index is -0.000000373. The van der Waals surface area contributed by atoms with Crippen molar-refractivity contribution in [2.75, 3.05) is 6.54 Å².